The summed E-state index contributed by atoms with van der Waals surface area (Å²) in [5.41, 5.74) is 2.07. The number of hydrogen-bond acceptors (Lipinski definition) is 4. The van der Waals surface area contributed by atoms with Gasteiger partial charge in [-0.2, -0.15) is 0 Å². The van der Waals surface area contributed by atoms with Gasteiger partial charge in [0.1, 0.15) is 5.76 Å². The van der Waals surface area contributed by atoms with E-state index in [9.17, 15) is 0 Å². The fraction of sp³-hybridized carbons (Fsp3) is 0.750. The summed E-state index contributed by atoms with van der Waals surface area (Å²) < 4.78 is 5.11. The fourth-order valence-corrected chi connectivity index (χ4v) is 1.80. The standard InChI is InChI=1S/C12H22N2O2/c1-8(2)12(5-6-15)13-7-11-9(3)14-16-10(11)4/h8,12-13,15H,5-7H2,1-4H3. The molecule has 0 amide bonds. The van der Waals surface area contributed by atoms with Crippen LogP contribution in [0.1, 0.15) is 37.3 Å². The Balaban J connectivity index is 2.55. The topological polar surface area (TPSA) is 58.3 Å². The first kappa shape index (κ1) is 13.2. The maximum absolute atomic E-state index is 8.98. The van der Waals surface area contributed by atoms with Gasteiger partial charge >= 0.3 is 0 Å². The van der Waals surface area contributed by atoms with Gasteiger partial charge in [-0.15, -0.1) is 0 Å². The summed E-state index contributed by atoms with van der Waals surface area (Å²) in [6.07, 6.45) is 0.779. The van der Waals surface area contributed by atoms with Crippen LogP contribution in [0, 0.1) is 19.8 Å². The Labute approximate surface area is 97.0 Å². The minimum atomic E-state index is 0.220. The van der Waals surface area contributed by atoms with Crippen molar-refractivity contribution in [2.24, 2.45) is 5.92 Å². The van der Waals surface area contributed by atoms with Gasteiger partial charge in [0, 0.05) is 24.8 Å². The molecule has 0 fully saturated rings. The Hall–Kier alpha value is -0.870. The van der Waals surface area contributed by atoms with Gasteiger partial charge < -0.3 is 14.9 Å². The third-order valence-corrected chi connectivity index (χ3v) is 2.97. The predicted molar refractivity (Wildman–Crippen MR) is 63.1 cm³/mol. The van der Waals surface area contributed by atoms with Crippen LogP contribution in [0.3, 0.4) is 0 Å². The Morgan fingerprint density at radius 2 is 2.06 bits per heavy atom. The highest BCUT2D eigenvalue weighted by Gasteiger charge is 2.14. The number of aromatic nitrogens is 1. The van der Waals surface area contributed by atoms with Crippen molar-refractivity contribution in [1.82, 2.24) is 10.5 Å². The van der Waals surface area contributed by atoms with E-state index in [1.54, 1.807) is 0 Å². The summed E-state index contributed by atoms with van der Waals surface area (Å²) in [6.45, 7) is 9.15. The zero-order valence-corrected chi connectivity index (χ0v) is 10.6. The number of nitrogens with one attached hydrogen (secondary N) is 1. The van der Waals surface area contributed by atoms with Crippen LogP contribution in [-0.2, 0) is 6.54 Å². The molecule has 4 heteroatoms. The van der Waals surface area contributed by atoms with Crippen LogP contribution in [0.2, 0.25) is 0 Å². The smallest absolute Gasteiger partial charge is 0.138 e. The van der Waals surface area contributed by atoms with Crippen LogP contribution in [0.5, 0.6) is 0 Å². The molecule has 0 saturated heterocycles. The number of aliphatic hydroxyl groups excluding tert-OH is 1. The third kappa shape index (κ3) is 3.32. The summed E-state index contributed by atoms with van der Waals surface area (Å²) >= 11 is 0. The molecule has 1 aromatic heterocycles. The summed E-state index contributed by atoms with van der Waals surface area (Å²) in [6, 6.07) is 0.332. The van der Waals surface area contributed by atoms with Crippen LogP contribution in [0.25, 0.3) is 0 Å². The molecule has 0 radical (unpaired) electrons. The van der Waals surface area contributed by atoms with E-state index in [1.165, 1.54) is 0 Å². The van der Waals surface area contributed by atoms with Gasteiger partial charge in [-0.3, -0.25) is 0 Å². The lowest BCUT2D eigenvalue weighted by Gasteiger charge is -2.21. The molecule has 1 rings (SSSR count). The molecule has 0 aromatic carbocycles. The van der Waals surface area contributed by atoms with Crippen LogP contribution < -0.4 is 5.32 Å². The summed E-state index contributed by atoms with van der Waals surface area (Å²) in [7, 11) is 0. The number of aryl methyl sites for hydroxylation is 2. The molecule has 92 valence electrons. The monoisotopic (exact) mass is 226 g/mol. The zero-order chi connectivity index (χ0) is 12.1. The van der Waals surface area contributed by atoms with Crippen LogP contribution in [0.15, 0.2) is 4.52 Å². The first-order valence-corrected chi connectivity index (χ1v) is 5.82. The van der Waals surface area contributed by atoms with E-state index in [0.29, 0.717) is 12.0 Å². The van der Waals surface area contributed by atoms with E-state index in [4.69, 9.17) is 9.63 Å². The summed E-state index contributed by atoms with van der Waals surface area (Å²) in [5, 5.41) is 16.3. The average Bonchev–Trinajstić information content (AvgIpc) is 2.54. The second kappa shape index (κ2) is 6.01. The lowest BCUT2D eigenvalue weighted by atomic mass is 10.0. The van der Waals surface area contributed by atoms with Gasteiger partial charge in [-0.1, -0.05) is 19.0 Å². The van der Waals surface area contributed by atoms with Crippen molar-refractivity contribution in [3.05, 3.63) is 17.0 Å². The lowest BCUT2D eigenvalue weighted by molar-refractivity contribution is 0.243. The Morgan fingerprint density at radius 1 is 1.38 bits per heavy atom. The molecule has 0 aliphatic heterocycles. The van der Waals surface area contributed by atoms with Crippen LogP contribution in [-0.4, -0.2) is 22.9 Å². The molecule has 2 N–H and O–H groups in total. The van der Waals surface area contributed by atoms with Crippen molar-refractivity contribution in [2.75, 3.05) is 6.61 Å². The number of aliphatic hydroxyl groups is 1. The molecule has 0 spiro atoms. The van der Waals surface area contributed by atoms with E-state index in [1.807, 2.05) is 13.8 Å². The highest BCUT2D eigenvalue weighted by molar-refractivity contribution is 5.20. The first-order chi connectivity index (χ1) is 7.56. The van der Waals surface area contributed by atoms with Gasteiger partial charge in [0.05, 0.1) is 5.69 Å². The molecular formula is C12H22N2O2. The molecule has 0 bridgehead atoms. The Bertz CT molecular complexity index is 301. The van der Waals surface area contributed by atoms with E-state index < -0.39 is 0 Å². The van der Waals surface area contributed by atoms with Gasteiger partial charge in [0.25, 0.3) is 0 Å². The van der Waals surface area contributed by atoms with E-state index in [-0.39, 0.29) is 6.61 Å². The van der Waals surface area contributed by atoms with Gasteiger partial charge in [-0.25, -0.2) is 0 Å². The van der Waals surface area contributed by atoms with E-state index >= 15 is 0 Å². The first-order valence-electron chi connectivity index (χ1n) is 5.82. The van der Waals surface area contributed by atoms with Gasteiger partial charge in [0.15, 0.2) is 0 Å². The molecule has 0 aliphatic carbocycles. The van der Waals surface area contributed by atoms with Crippen LogP contribution in [0.4, 0.5) is 0 Å². The number of hydrogen-bond donors (Lipinski definition) is 2. The van der Waals surface area contributed by atoms with Crippen molar-refractivity contribution < 1.29 is 9.63 Å². The largest absolute Gasteiger partial charge is 0.396 e. The van der Waals surface area contributed by atoms with E-state index in [0.717, 1.165) is 30.0 Å². The molecule has 1 unspecified atom stereocenters. The maximum atomic E-state index is 8.98. The van der Waals surface area contributed by atoms with Crippen molar-refractivity contribution >= 4 is 0 Å². The normalized spacial score (nSPS) is 13.4. The van der Waals surface area contributed by atoms with Crippen molar-refractivity contribution in [1.29, 1.82) is 0 Å². The zero-order valence-electron chi connectivity index (χ0n) is 10.6. The fourth-order valence-electron chi connectivity index (χ4n) is 1.80. The van der Waals surface area contributed by atoms with Crippen molar-refractivity contribution in [3.8, 4) is 0 Å². The number of rotatable bonds is 6. The quantitative estimate of drug-likeness (QED) is 0.776. The lowest BCUT2D eigenvalue weighted by Crippen LogP contribution is -2.34. The highest BCUT2D eigenvalue weighted by Crippen LogP contribution is 2.13. The highest BCUT2D eigenvalue weighted by atomic mass is 16.5. The average molecular weight is 226 g/mol. The minimum absolute atomic E-state index is 0.220. The van der Waals surface area contributed by atoms with Gasteiger partial charge in [-0.05, 0) is 26.2 Å². The summed E-state index contributed by atoms with van der Waals surface area (Å²) in [5.74, 6) is 1.38. The molecule has 16 heavy (non-hydrogen) atoms. The molecule has 4 nitrogen and oxygen atoms in total. The van der Waals surface area contributed by atoms with Crippen molar-refractivity contribution in [2.45, 2.75) is 46.7 Å². The third-order valence-electron chi connectivity index (χ3n) is 2.97. The van der Waals surface area contributed by atoms with Crippen molar-refractivity contribution in [3.63, 3.8) is 0 Å². The predicted octanol–water partition coefficient (Wildman–Crippen LogP) is 1.79. The van der Waals surface area contributed by atoms with E-state index in [2.05, 4.69) is 24.3 Å². The second-order valence-corrected chi connectivity index (χ2v) is 4.55. The second-order valence-electron chi connectivity index (χ2n) is 4.55. The molecule has 1 aromatic rings. The number of nitrogens with zero attached hydrogens (tertiary/aromatic N) is 1. The van der Waals surface area contributed by atoms with Gasteiger partial charge in [0.2, 0.25) is 0 Å². The summed E-state index contributed by atoms with van der Waals surface area (Å²) in [4.78, 5) is 0. The molecule has 1 atom stereocenters. The molecular weight excluding hydrogens is 204 g/mol. The molecule has 1 heterocycles. The Morgan fingerprint density at radius 3 is 2.50 bits per heavy atom. The van der Waals surface area contributed by atoms with Crippen LogP contribution >= 0.6 is 0 Å². The minimum Gasteiger partial charge on any atom is -0.396 e. The SMILES string of the molecule is Cc1noc(C)c1CNC(CCO)C(C)C. The maximum Gasteiger partial charge on any atom is 0.138 e. The Kier molecular flexibility index (Phi) is 4.96. The molecule has 0 saturated carbocycles. The molecule has 0 aliphatic rings.